The Morgan fingerprint density at radius 1 is 1.45 bits per heavy atom. The van der Waals surface area contributed by atoms with Crippen LogP contribution in [0, 0.1) is 12.3 Å². The van der Waals surface area contributed by atoms with Crippen molar-refractivity contribution in [3.8, 4) is 0 Å². The van der Waals surface area contributed by atoms with Gasteiger partial charge in [-0.05, 0) is 37.2 Å². The predicted molar refractivity (Wildman–Crippen MR) is 86.9 cm³/mol. The number of benzene rings is 1. The van der Waals surface area contributed by atoms with Gasteiger partial charge >= 0.3 is 0 Å². The van der Waals surface area contributed by atoms with Crippen molar-refractivity contribution in [3.63, 3.8) is 0 Å². The summed E-state index contributed by atoms with van der Waals surface area (Å²) in [5, 5.41) is 3.17. The molecule has 0 heterocycles. The van der Waals surface area contributed by atoms with Gasteiger partial charge < -0.3 is 5.32 Å². The summed E-state index contributed by atoms with van der Waals surface area (Å²) < 4.78 is 0. The molecule has 1 aliphatic carbocycles. The zero-order valence-corrected chi connectivity index (χ0v) is 13.6. The predicted octanol–water partition coefficient (Wildman–Crippen LogP) is 3.92. The number of rotatable bonds is 5. The molecule has 1 N–H and O–H groups in total. The van der Waals surface area contributed by atoms with Crippen LogP contribution < -0.4 is 5.32 Å². The Kier molecular flexibility index (Phi) is 5.14. The van der Waals surface area contributed by atoms with Gasteiger partial charge in [-0.25, -0.2) is 0 Å². The summed E-state index contributed by atoms with van der Waals surface area (Å²) in [4.78, 5) is 11.9. The third-order valence-corrected chi connectivity index (χ3v) is 4.92. The Hall–Kier alpha value is -0.960. The van der Waals surface area contributed by atoms with Crippen molar-refractivity contribution in [2.24, 2.45) is 5.41 Å². The molecule has 2 rings (SSSR count). The zero-order chi connectivity index (χ0) is 14.6. The number of nitrogens with one attached hydrogen (secondary N) is 1. The third kappa shape index (κ3) is 4.86. The third-order valence-electron chi connectivity index (χ3n) is 3.92. The molecule has 110 valence electrons. The van der Waals surface area contributed by atoms with Gasteiger partial charge in [-0.3, -0.25) is 4.79 Å². The summed E-state index contributed by atoms with van der Waals surface area (Å²) in [5.41, 5.74) is 2.97. The van der Waals surface area contributed by atoms with E-state index in [0.717, 1.165) is 18.6 Å². The Bertz CT molecular complexity index is 470. The van der Waals surface area contributed by atoms with Crippen molar-refractivity contribution in [1.82, 2.24) is 5.32 Å². The van der Waals surface area contributed by atoms with E-state index in [-0.39, 0.29) is 5.91 Å². The first-order chi connectivity index (χ1) is 9.44. The van der Waals surface area contributed by atoms with Crippen molar-refractivity contribution in [2.75, 3.05) is 5.75 Å². The Morgan fingerprint density at radius 2 is 2.25 bits per heavy atom. The van der Waals surface area contributed by atoms with Gasteiger partial charge in [-0.15, -0.1) is 11.8 Å². The van der Waals surface area contributed by atoms with Gasteiger partial charge in [0.2, 0.25) is 5.91 Å². The van der Waals surface area contributed by atoms with Gasteiger partial charge in [-0.2, -0.15) is 0 Å². The largest absolute Gasteiger partial charge is 0.353 e. The van der Waals surface area contributed by atoms with Crippen LogP contribution in [0.4, 0.5) is 0 Å². The highest BCUT2D eigenvalue weighted by Crippen LogP contribution is 2.36. The van der Waals surface area contributed by atoms with E-state index in [1.54, 1.807) is 11.8 Å². The van der Waals surface area contributed by atoms with Crippen LogP contribution in [-0.4, -0.2) is 17.7 Å². The SMILES string of the molecule is Cc1cccc(CSCC(=O)NC2CCC(C)(C)C2)c1. The molecule has 1 atom stereocenters. The van der Waals surface area contributed by atoms with Gasteiger partial charge in [0, 0.05) is 11.8 Å². The lowest BCUT2D eigenvalue weighted by Crippen LogP contribution is -2.34. The quantitative estimate of drug-likeness (QED) is 0.891. The summed E-state index contributed by atoms with van der Waals surface area (Å²) in [6, 6.07) is 8.87. The second kappa shape index (κ2) is 6.66. The Balaban J connectivity index is 1.68. The summed E-state index contributed by atoms with van der Waals surface area (Å²) in [5.74, 6) is 1.65. The number of amides is 1. The standard InChI is InChI=1S/C17H25NOS/c1-13-5-4-6-14(9-13)11-20-12-16(19)18-15-7-8-17(2,3)10-15/h4-6,9,15H,7-8,10-12H2,1-3H3,(H,18,19). The minimum absolute atomic E-state index is 0.186. The molecule has 0 aliphatic heterocycles. The summed E-state index contributed by atoms with van der Waals surface area (Å²) >= 11 is 1.69. The van der Waals surface area contributed by atoms with Crippen molar-refractivity contribution in [1.29, 1.82) is 0 Å². The van der Waals surface area contributed by atoms with Crippen LogP contribution in [0.15, 0.2) is 24.3 Å². The minimum Gasteiger partial charge on any atom is -0.353 e. The molecule has 1 aromatic carbocycles. The summed E-state index contributed by atoms with van der Waals surface area (Å²) in [6.45, 7) is 6.67. The van der Waals surface area contributed by atoms with Crippen LogP contribution in [0.2, 0.25) is 0 Å². The number of aryl methyl sites for hydroxylation is 1. The maximum atomic E-state index is 11.9. The van der Waals surface area contributed by atoms with Crippen LogP contribution >= 0.6 is 11.8 Å². The molecule has 0 saturated heterocycles. The average Bonchev–Trinajstić information content (AvgIpc) is 2.68. The number of hydrogen-bond donors (Lipinski definition) is 1. The molecule has 1 aliphatic rings. The monoisotopic (exact) mass is 291 g/mol. The number of carbonyl (C=O) groups is 1. The molecular weight excluding hydrogens is 266 g/mol. The van der Waals surface area contributed by atoms with Crippen LogP contribution in [0.25, 0.3) is 0 Å². The molecule has 0 bridgehead atoms. The fraction of sp³-hybridized carbons (Fsp3) is 0.588. The molecule has 1 unspecified atom stereocenters. The molecule has 3 heteroatoms. The van der Waals surface area contributed by atoms with E-state index < -0.39 is 0 Å². The summed E-state index contributed by atoms with van der Waals surface area (Å²) in [6.07, 6.45) is 3.46. The van der Waals surface area contributed by atoms with Crippen LogP contribution in [-0.2, 0) is 10.5 Å². The Morgan fingerprint density at radius 3 is 2.90 bits per heavy atom. The van der Waals surface area contributed by atoms with Crippen molar-refractivity contribution >= 4 is 17.7 Å². The molecule has 20 heavy (non-hydrogen) atoms. The second-order valence-corrected chi connectivity index (χ2v) is 7.64. The molecule has 1 saturated carbocycles. The molecule has 1 fully saturated rings. The molecule has 0 aromatic heterocycles. The van der Waals surface area contributed by atoms with E-state index in [1.807, 2.05) is 0 Å². The average molecular weight is 291 g/mol. The fourth-order valence-electron chi connectivity index (χ4n) is 2.89. The lowest BCUT2D eigenvalue weighted by atomic mass is 9.92. The van der Waals surface area contributed by atoms with Crippen LogP contribution in [0.1, 0.15) is 44.2 Å². The summed E-state index contributed by atoms with van der Waals surface area (Å²) in [7, 11) is 0. The smallest absolute Gasteiger partial charge is 0.230 e. The van der Waals surface area contributed by atoms with Gasteiger partial charge in [0.25, 0.3) is 0 Å². The van der Waals surface area contributed by atoms with Crippen molar-refractivity contribution in [2.45, 2.75) is 51.8 Å². The maximum Gasteiger partial charge on any atom is 0.230 e. The Labute approximate surface area is 126 Å². The van der Waals surface area contributed by atoms with Gasteiger partial charge in [0.1, 0.15) is 0 Å². The highest BCUT2D eigenvalue weighted by molar-refractivity contribution is 7.99. The normalized spacial score (nSPS) is 20.9. The van der Waals surface area contributed by atoms with E-state index in [1.165, 1.54) is 17.5 Å². The van der Waals surface area contributed by atoms with E-state index in [0.29, 0.717) is 17.2 Å². The molecule has 2 nitrogen and oxygen atoms in total. The van der Waals surface area contributed by atoms with Gasteiger partial charge in [0.15, 0.2) is 0 Å². The molecule has 1 amide bonds. The minimum atomic E-state index is 0.186. The molecule has 0 spiro atoms. The lowest BCUT2D eigenvalue weighted by Gasteiger charge is -2.17. The van der Waals surface area contributed by atoms with Crippen molar-refractivity contribution in [3.05, 3.63) is 35.4 Å². The van der Waals surface area contributed by atoms with Crippen LogP contribution in [0.3, 0.4) is 0 Å². The van der Waals surface area contributed by atoms with Gasteiger partial charge in [-0.1, -0.05) is 43.7 Å². The lowest BCUT2D eigenvalue weighted by molar-refractivity contribution is -0.119. The van der Waals surface area contributed by atoms with E-state index in [2.05, 4.69) is 50.4 Å². The van der Waals surface area contributed by atoms with Crippen LogP contribution in [0.5, 0.6) is 0 Å². The number of hydrogen-bond acceptors (Lipinski definition) is 2. The second-order valence-electron chi connectivity index (χ2n) is 6.65. The first-order valence-corrected chi connectivity index (χ1v) is 8.53. The fourth-order valence-corrected chi connectivity index (χ4v) is 3.68. The van der Waals surface area contributed by atoms with E-state index in [9.17, 15) is 4.79 Å². The zero-order valence-electron chi connectivity index (χ0n) is 12.7. The number of carbonyl (C=O) groups excluding carboxylic acids is 1. The topological polar surface area (TPSA) is 29.1 Å². The molecule has 1 aromatic rings. The van der Waals surface area contributed by atoms with E-state index >= 15 is 0 Å². The van der Waals surface area contributed by atoms with E-state index in [4.69, 9.17) is 0 Å². The van der Waals surface area contributed by atoms with Crippen molar-refractivity contribution < 1.29 is 4.79 Å². The first-order valence-electron chi connectivity index (χ1n) is 7.37. The first kappa shape index (κ1) is 15.4. The van der Waals surface area contributed by atoms with Gasteiger partial charge in [0.05, 0.1) is 5.75 Å². The highest BCUT2D eigenvalue weighted by atomic mass is 32.2. The number of thioether (sulfide) groups is 1. The highest BCUT2D eigenvalue weighted by Gasteiger charge is 2.31. The maximum absolute atomic E-state index is 11.9. The molecular formula is C17H25NOS. The molecule has 0 radical (unpaired) electrons.